The molecule has 8 nitrogen and oxygen atoms in total. The van der Waals surface area contributed by atoms with Gasteiger partial charge in [0.25, 0.3) is 5.56 Å². The monoisotopic (exact) mass is 354 g/mol. The molecule has 134 valence electrons. The number of aromatic nitrogens is 3. The van der Waals surface area contributed by atoms with E-state index >= 15 is 4.39 Å². The SMILES string of the molecule is CC#CC1(F)C(O)[C@@H]([C@H](C)O)O[C@H]1n1cc(F)c2c(=O)[nH]c(N)nc21. The summed E-state index contributed by atoms with van der Waals surface area (Å²) >= 11 is 0. The van der Waals surface area contributed by atoms with Gasteiger partial charge in [-0.3, -0.25) is 14.3 Å². The Morgan fingerprint density at radius 3 is 2.88 bits per heavy atom. The maximum Gasteiger partial charge on any atom is 0.264 e. The topological polar surface area (TPSA) is 126 Å². The van der Waals surface area contributed by atoms with Crippen molar-refractivity contribution < 1.29 is 23.7 Å². The van der Waals surface area contributed by atoms with Crippen LogP contribution in [0.3, 0.4) is 0 Å². The summed E-state index contributed by atoms with van der Waals surface area (Å²) in [5.74, 6) is 3.31. The number of H-pyrrole nitrogens is 1. The lowest BCUT2D eigenvalue weighted by Gasteiger charge is -2.24. The molecule has 0 aliphatic carbocycles. The van der Waals surface area contributed by atoms with Gasteiger partial charge in [-0.15, -0.1) is 5.92 Å². The van der Waals surface area contributed by atoms with Gasteiger partial charge in [0.15, 0.2) is 17.7 Å². The van der Waals surface area contributed by atoms with Crippen LogP contribution in [0.25, 0.3) is 11.0 Å². The second-order valence-electron chi connectivity index (χ2n) is 5.82. The summed E-state index contributed by atoms with van der Waals surface area (Å²) in [4.78, 5) is 17.9. The van der Waals surface area contributed by atoms with Crippen molar-refractivity contribution in [2.45, 2.75) is 44.1 Å². The third-order valence-electron chi connectivity index (χ3n) is 4.09. The lowest BCUT2D eigenvalue weighted by Crippen LogP contribution is -2.44. The van der Waals surface area contributed by atoms with Crippen LogP contribution in [-0.4, -0.2) is 48.7 Å². The van der Waals surface area contributed by atoms with E-state index in [1.165, 1.54) is 13.8 Å². The van der Waals surface area contributed by atoms with Crippen LogP contribution in [0.1, 0.15) is 20.1 Å². The zero-order valence-corrected chi connectivity index (χ0v) is 13.3. The number of nitrogens with zero attached hydrogens (tertiary/aromatic N) is 2. The molecule has 0 aromatic carbocycles. The first kappa shape index (κ1) is 17.3. The molecule has 0 radical (unpaired) electrons. The highest BCUT2D eigenvalue weighted by Crippen LogP contribution is 2.43. The van der Waals surface area contributed by atoms with Gasteiger partial charge in [0.1, 0.15) is 17.6 Å². The zero-order chi connectivity index (χ0) is 18.5. The standard InChI is InChI=1S/C15H16F2N4O4/c1-3-4-15(17)10(23)9(6(2)22)25-13(15)21-5-7(16)8-11(21)19-14(18)20-12(8)24/h5-6,9-10,13,22-23H,1-2H3,(H3,18,19,20,24)/t6-,9+,10?,13+,15?/m0/s1. The molecule has 2 aromatic rings. The highest BCUT2D eigenvalue weighted by Gasteiger charge is 2.59. The summed E-state index contributed by atoms with van der Waals surface area (Å²) in [6, 6.07) is 0. The quantitative estimate of drug-likeness (QED) is 0.554. The number of hydrogen-bond donors (Lipinski definition) is 4. The Morgan fingerprint density at radius 1 is 1.60 bits per heavy atom. The molecule has 3 heterocycles. The third-order valence-corrected chi connectivity index (χ3v) is 4.09. The van der Waals surface area contributed by atoms with Crippen molar-refractivity contribution in [3.05, 3.63) is 22.4 Å². The van der Waals surface area contributed by atoms with E-state index in [4.69, 9.17) is 10.5 Å². The maximum atomic E-state index is 15.5. The van der Waals surface area contributed by atoms with E-state index in [-0.39, 0.29) is 11.6 Å². The van der Waals surface area contributed by atoms with Crippen molar-refractivity contribution in [2.75, 3.05) is 5.73 Å². The van der Waals surface area contributed by atoms with Gasteiger partial charge in [0.2, 0.25) is 11.6 Å². The second-order valence-corrected chi connectivity index (χ2v) is 5.82. The molecule has 0 saturated carbocycles. The van der Waals surface area contributed by atoms with Crippen molar-refractivity contribution in [3.8, 4) is 11.8 Å². The molecule has 2 aromatic heterocycles. The predicted molar refractivity (Wildman–Crippen MR) is 83.6 cm³/mol. The minimum absolute atomic E-state index is 0.262. The van der Waals surface area contributed by atoms with E-state index in [1.54, 1.807) is 0 Å². The van der Waals surface area contributed by atoms with Crippen LogP contribution in [0.4, 0.5) is 14.7 Å². The molecular formula is C15H16F2N4O4. The van der Waals surface area contributed by atoms with Crippen LogP contribution < -0.4 is 11.3 Å². The van der Waals surface area contributed by atoms with Crippen molar-refractivity contribution in [1.82, 2.24) is 14.5 Å². The summed E-state index contributed by atoms with van der Waals surface area (Å²) < 4.78 is 36.0. The number of aliphatic hydroxyl groups is 2. The van der Waals surface area contributed by atoms with Gasteiger partial charge in [0, 0.05) is 6.20 Å². The molecule has 1 aliphatic rings. The van der Waals surface area contributed by atoms with Gasteiger partial charge in [-0.2, -0.15) is 4.98 Å². The van der Waals surface area contributed by atoms with Crippen molar-refractivity contribution in [2.24, 2.45) is 0 Å². The smallest absolute Gasteiger partial charge is 0.264 e. The van der Waals surface area contributed by atoms with Crippen LogP contribution in [0, 0.1) is 17.7 Å². The maximum absolute atomic E-state index is 15.5. The second kappa shape index (κ2) is 5.80. The van der Waals surface area contributed by atoms with Crippen LogP contribution in [-0.2, 0) is 4.74 Å². The largest absolute Gasteiger partial charge is 0.391 e. The predicted octanol–water partition coefficient (Wildman–Crippen LogP) is -0.183. The molecule has 1 aliphatic heterocycles. The van der Waals surface area contributed by atoms with E-state index < -0.39 is 47.0 Å². The van der Waals surface area contributed by atoms with E-state index in [0.717, 1.165) is 10.8 Å². The molecule has 25 heavy (non-hydrogen) atoms. The van der Waals surface area contributed by atoms with Gasteiger partial charge in [-0.1, -0.05) is 5.92 Å². The third kappa shape index (κ3) is 2.48. The van der Waals surface area contributed by atoms with Crippen LogP contribution in [0.2, 0.25) is 0 Å². The number of nitrogens with two attached hydrogens (primary N) is 1. The highest BCUT2D eigenvalue weighted by molar-refractivity contribution is 5.77. The minimum Gasteiger partial charge on any atom is -0.391 e. The van der Waals surface area contributed by atoms with Crippen molar-refractivity contribution in [1.29, 1.82) is 0 Å². The van der Waals surface area contributed by atoms with Gasteiger partial charge in [0.05, 0.1) is 6.10 Å². The zero-order valence-electron chi connectivity index (χ0n) is 13.3. The summed E-state index contributed by atoms with van der Waals surface area (Å²) in [5, 5.41) is 19.5. The normalized spacial score (nSPS) is 30.2. The van der Waals surface area contributed by atoms with Gasteiger partial charge < -0.3 is 20.7 Å². The molecule has 1 saturated heterocycles. The molecule has 2 unspecified atom stereocenters. The summed E-state index contributed by atoms with van der Waals surface area (Å²) in [6.45, 7) is 2.67. The van der Waals surface area contributed by atoms with Gasteiger partial charge >= 0.3 is 0 Å². The van der Waals surface area contributed by atoms with Gasteiger partial charge in [-0.05, 0) is 13.8 Å². The first-order valence-electron chi connectivity index (χ1n) is 7.41. The summed E-state index contributed by atoms with van der Waals surface area (Å²) in [6.07, 6.45) is -5.16. The van der Waals surface area contributed by atoms with Crippen molar-refractivity contribution in [3.63, 3.8) is 0 Å². The number of nitrogens with one attached hydrogen (secondary N) is 1. The molecule has 5 N–H and O–H groups in total. The van der Waals surface area contributed by atoms with Gasteiger partial charge in [-0.25, -0.2) is 8.78 Å². The van der Waals surface area contributed by atoms with Crippen molar-refractivity contribution >= 4 is 17.0 Å². The Balaban J connectivity index is 2.25. The number of alkyl halides is 1. The Bertz CT molecular complexity index is 945. The van der Waals surface area contributed by atoms with E-state index in [0.29, 0.717) is 0 Å². The number of rotatable bonds is 2. The number of anilines is 1. The summed E-state index contributed by atoms with van der Waals surface area (Å²) in [5.41, 5.74) is 1.72. The fraction of sp³-hybridized carbons (Fsp3) is 0.467. The highest BCUT2D eigenvalue weighted by atomic mass is 19.1. The first-order valence-corrected chi connectivity index (χ1v) is 7.41. The molecule has 1 fully saturated rings. The fourth-order valence-electron chi connectivity index (χ4n) is 2.99. The first-order chi connectivity index (χ1) is 11.7. The van der Waals surface area contributed by atoms with E-state index in [1.807, 2.05) is 0 Å². The number of fused-ring (bicyclic) bond motifs is 1. The number of hydrogen-bond acceptors (Lipinski definition) is 6. The number of aliphatic hydroxyl groups excluding tert-OH is 2. The Morgan fingerprint density at radius 2 is 2.28 bits per heavy atom. The number of halogens is 2. The summed E-state index contributed by atoms with van der Waals surface area (Å²) in [7, 11) is 0. The average molecular weight is 354 g/mol. The Labute approximate surface area is 140 Å². The molecule has 0 spiro atoms. The molecule has 3 rings (SSSR count). The fourth-order valence-corrected chi connectivity index (χ4v) is 2.99. The van der Waals surface area contributed by atoms with Crippen LogP contribution >= 0.6 is 0 Å². The number of ether oxygens (including phenoxy) is 1. The Kier molecular flexibility index (Phi) is 4.03. The average Bonchev–Trinajstić information content (AvgIpc) is 2.96. The number of aromatic amines is 1. The van der Waals surface area contributed by atoms with Crippen LogP contribution in [0.15, 0.2) is 11.0 Å². The number of nitrogen functional groups attached to an aromatic ring is 1. The Hall–Kier alpha value is -2.48. The van der Waals surface area contributed by atoms with Crippen LogP contribution in [0.5, 0.6) is 0 Å². The molecule has 0 amide bonds. The molecule has 5 atom stereocenters. The molecule has 10 heteroatoms. The lowest BCUT2D eigenvalue weighted by atomic mass is 9.94. The molecule has 0 bridgehead atoms. The molecular weight excluding hydrogens is 338 g/mol. The van der Waals surface area contributed by atoms with E-state index in [9.17, 15) is 19.4 Å². The minimum atomic E-state index is -2.66. The van der Waals surface area contributed by atoms with E-state index in [2.05, 4.69) is 21.8 Å². The lowest BCUT2D eigenvalue weighted by molar-refractivity contribution is -0.0776.